The highest BCUT2D eigenvalue weighted by Crippen LogP contribution is 2.38. The molecule has 0 fully saturated rings. The summed E-state index contributed by atoms with van der Waals surface area (Å²) in [6.45, 7) is 0. The minimum Gasteiger partial charge on any atom is -0.423 e. The van der Waals surface area contributed by atoms with Crippen LogP contribution in [0.25, 0.3) is 148 Å². The van der Waals surface area contributed by atoms with Crippen molar-refractivity contribution < 1.29 is 10.0 Å². The van der Waals surface area contributed by atoms with Gasteiger partial charge in [-0.25, -0.2) is 0 Å². The summed E-state index contributed by atoms with van der Waals surface area (Å²) < 4.78 is 9.15. The van der Waals surface area contributed by atoms with E-state index in [9.17, 15) is 10.0 Å². The maximum absolute atomic E-state index is 9.24. The fraction of sp³-hybridized carbons (Fsp3) is 0. The van der Waals surface area contributed by atoms with Gasteiger partial charge in [-0.1, -0.05) is 190 Å². The molecule has 0 saturated carbocycles. The van der Waals surface area contributed by atoms with E-state index in [0.29, 0.717) is 5.46 Å². The summed E-state index contributed by atoms with van der Waals surface area (Å²) in [6.07, 6.45) is 0. The van der Waals surface area contributed by atoms with Crippen molar-refractivity contribution in [2.45, 2.75) is 0 Å². The van der Waals surface area contributed by atoms with Gasteiger partial charge in [0.15, 0.2) is 0 Å². The standard InChI is InChI=1S/C48H31N3.C18H14BNO2.C12H7Br2N/c1-5-13-45-37(9-1)38-10-2-6-14-46(38)50(45)35-23-17-31(18-24-35)33-21-27-43-41(29-33)42-30-34(22-28-44(42)49-43)32-19-25-36(26-20-32)51-47-15-7-3-11-39(47)40-12-4-8-16-48(40)51;21-19(22)13-9-11-14(12-10-13)20-17-7-3-1-5-15(17)16-6-2-4-8-18(16)20;13-7-1-3-11-9(5-7)10-6-8(14)2-4-12(10)15-11/h1-30,49H;1-12,21-22H;1-6,15H. The van der Waals surface area contributed by atoms with E-state index >= 15 is 0 Å². The number of aromatic nitrogens is 5. The molecule has 88 heavy (non-hydrogen) atoms. The first-order valence-electron chi connectivity index (χ1n) is 29.3. The molecule has 0 atom stereocenters. The van der Waals surface area contributed by atoms with E-state index in [1.54, 1.807) is 12.1 Å². The lowest BCUT2D eigenvalue weighted by atomic mass is 9.80. The number of nitrogens with one attached hydrogen (secondary N) is 2. The first-order valence-corrected chi connectivity index (χ1v) is 30.9. The number of benzene rings is 13. The van der Waals surface area contributed by atoms with E-state index in [0.717, 1.165) is 48.1 Å². The van der Waals surface area contributed by atoms with E-state index in [2.05, 4.69) is 286 Å². The Morgan fingerprint density at radius 3 is 0.795 bits per heavy atom. The predicted molar refractivity (Wildman–Crippen MR) is 377 cm³/mol. The number of aromatic amines is 2. The topological polar surface area (TPSA) is 86.8 Å². The number of hydrogen-bond acceptors (Lipinski definition) is 2. The summed E-state index contributed by atoms with van der Waals surface area (Å²) in [7, 11) is -1.44. The van der Waals surface area contributed by atoms with Crippen LogP contribution in [0.5, 0.6) is 0 Å². The lowest BCUT2D eigenvalue weighted by Crippen LogP contribution is -2.29. The quantitative estimate of drug-likeness (QED) is 0.125. The van der Waals surface area contributed by atoms with Crippen molar-refractivity contribution in [1.82, 2.24) is 23.7 Å². The Hall–Kier alpha value is -10.2. The highest BCUT2D eigenvalue weighted by atomic mass is 79.9. The number of hydrogen-bond donors (Lipinski definition) is 4. The Bertz CT molecular complexity index is 5270. The molecule has 0 saturated heterocycles. The second kappa shape index (κ2) is 21.9. The highest BCUT2D eigenvalue weighted by molar-refractivity contribution is 9.10. The van der Waals surface area contributed by atoms with E-state index in [1.807, 2.05) is 48.5 Å². The molecule has 10 heteroatoms. The van der Waals surface area contributed by atoms with Gasteiger partial charge >= 0.3 is 7.12 Å². The Morgan fingerprint density at radius 2 is 0.500 bits per heavy atom. The van der Waals surface area contributed by atoms with Gasteiger partial charge in [0.2, 0.25) is 0 Å². The minimum atomic E-state index is -1.44. The second-order valence-corrected chi connectivity index (χ2v) is 24.1. The van der Waals surface area contributed by atoms with Gasteiger partial charge in [0.25, 0.3) is 0 Å². The lowest BCUT2D eigenvalue weighted by molar-refractivity contribution is 0.426. The number of H-pyrrole nitrogens is 2. The second-order valence-electron chi connectivity index (χ2n) is 22.3. The van der Waals surface area contributed by atoms with Crippen LogP contribution in [0.1, 0.15) is 0 Å². The molecule has 0 radical (unpaired) electrons. The molecule has 0 unspecified atom stereocenters. The first kappa shape index (κ1) is 53.3. The minimum absolute atomic E-state index is 0.490. The van der Waals surface area contributed by atoms with Crippen LogP contribution in [0, 0.1) is 0 Å². The zero-order chi connectivity index (χ0) is 59.0. The third kappa shape index (κ3) is 9.28. The maximum atomic E-state index is 9.24. The molecule has 4 N–H and O–H groups in total. The molecular formula is C78H52BBr2N5O2. The van der Waals surface area contributed by atoms with Crippen LogP contribution in [0.4, 0.5) is 0 Å². The third-order valence-corrected chi connectivity index (χ3v) is 18.2. The average Bonchev–Trinajstić information content (AvgIpc) is 2.90. The monoisotopic (exact) mass is 1260 g/mol. The summed E-state index contributed by atoms with van der Waals surface area (Å²) in [5.41, 5.74) is 20.5. The molecule has 0 aliphatic heterocycles. The van der Waals surface area contributed by atoms with Crippen molar-refractivity contribution in [1.29, 1.82) is 0 Å². The Labute approximate surface area is 523 Å². The molecule has 0 aliphatic carbocycles. The van der Waals surface area contributed by atoms with E-state index in [4.69, 9.17) is 0 Å². The molecule has 18 rings (SSSR count). The van der Waals surface area contributed by atoms with Gasteiger partial charge in [-0.15, -0.1) is 0 Å². The summed E-state index contributed by atoms with van der Waals surface area (Å²) >= 11 is 6.99. The molecule has 7 nitrogen and oxygen atoms in total. The molecule has 0 aliphatic rings. The van der Waals surface area contributed by atoms with Gasteiger partial charge in [-0.3, -0.25) is 0 Å². The summed E-state index contributed by atoms with van der Waals surface area (Å²) in [5.74, 6) is 0. The maximum Gasteiger partial charge on any atom is 0.488 e. The van der Waals surface area contributed by atoms with Gasteiger partial charge < -0.3 is 33.7 Å². The molecule has 0 bridgehead atoms. The smallest absolute Gasteiger partial charge is 0.423 e. The summed E-state index contributed by atoms with van der Waals surface area (Å²) in [6, 6.07) is 103. The van der Waals surface area contributed by atoms with Gasteiger partial charge in [0, 0.05) is 102 Å². The van der Waals surface area contributed by atoms with Crippen LogP contribution < -0.4 is 5.46 Å². The highest BCUT2D eigenvalue weighted by Gasteiger charge is 2.17. The normalized spacial score (nSPS) is 11.6. The molecule has 418 valence electrons. The zero-order valence-corrected chi connectivity index (χ0v) is 50.5. The van der Waals surface area contributed by atoms with Gasteiger partial charge in [0.1, 0.15) is 0 Å². The zero-order valence-electron chi connectivity index (χ0n) is 47.3. The fourth-order valence-electron chi connectivity index (χ4n) is 13.1. The van der Waals surface area contributed by atoms with Gasteiger partial charge in [-0.05, 0) is 161 Å². The molecule has 5 heterocycles. The SMILES string of the molecule is Brc1ccc2[nH]c3ccc(Br)cc3c2c1.OB(O)c1ccc(-n2c3ccccc3c3ccccc32)cc1.c1ccc2c(c1)c1ccccc1n2-c1ccc(-c2ccc3[nH]c4ccc(-c5ccc(-n6c7ccccc7c7ccccc76)cc5)cc4c3c2)cc1. The van der Waals surface area contributed by atoms with Crippen molar-refractivity contribution in [3.63, 3.8) is 0 Å². The molecular weight excluding hydrogens is 1210 g/mol. The van der Waals surface area contributed by atoms with Crippen molar-refractivity contribution in [2.75, 3.05) is 0 Å². The molecule has 0 spiro atoms. The number of halogens is 2. The van der Waals surface area contributed by atoms with Crippen LogP contribution in [0.3, 0.4) is 0 Å². The Morgan fingerprint density at radius 1 is 0.250 bits per heavy atom. The van der Waals surface area contributed by atoms with E-state index in [1.165, 1.54) is 109 Å². The van der Waals surface area contributed by atoms with Gasteiger partial charge in [0.05, 0.1) is 33.1 Å². The fourth-order valence-corrected chi connectivity index (χ4v) is 13.8. The van der Waals surface area contributed by atoms with Crippen molar-refractivity contribution in [3.05, 3.63) is 300 Å². The van der Waals surface area contributed by atoms with E-state index in [-0.39, 0.29) is 0 Å². The molecule has 18 aromatic rings. The lowest BCUT2D eigenvalue weighted by Gasteiger charge is -2.10. The van der Waals surface area contributed by atoms with Gasteiger partial charge in [-0.2, -0.15) is 0 Å². The summed E-state index contributed by atoms with van der Waals surface area (Å²) in [5, 5.41) is 31.0. The molecule has 5 aromatic heterocycles. The Balaban J connectivity index is 0.000000137. The number of rotatable bonds is 6. The van der Waals surface area contributed by atoms with Crippen LogP contribution >= 0.6 is 31.9 Å². The van der Waals surface area contributed by atoms with Crippen LogP contribution in [0.2, 0.25) is 0 Å². The summed E-state index contributed by atoms with van der Waals surface area (Å²) in [4.78, 5) is 7.04. The van der Waals surface area contributed by atoms with Crippen molar-refractivity contribution in [3.8, 4) is 39.3 Å². The van der Waals surface area contributed by atoms with Crippen LogP contribution in [0.15, 0.2) is 300 Å². The molecule has 0 amide bonds. The van der Waals surface area contributed by atoms with Crippen molar-refractivity contribution in [2.24, 2.45) is 0 Å². The van der Waals surface area contributed by atoms with Crippen LogP contribution in [-0.2, 0) is 0 Å². The number of para-hydroxylation sites is 6. The third-order valence-electron chi connectivity index (χ3n) is 17.2. The number of nitrogens with zero attached hydrogens (tertiary/aromatic N) is 3. The molecule has 13 aromatic carbocycles. The van der Waals surface area contributed by atoms with E-state index < -0.39 is 7.12 Å². The first-order chi connectivity index (χ1) is 43.3. The predicted octanol–water partition coefficient (Wildman–Crippen LogP) is 20.2. The van der Waals surface area contributed by atoms with Crippen molar-refractivity contribution >= 4 is 153 Å². The Kier molecular flexibility index (Phi) is 13.3. The largest absolute Gasteiger partial charge is 0.488 e. The van der Waals surface area contributed by atoms with Crippen LogP contribution in [-0.4, -0.2) is 40.8 Å². The average molecular weight is 1260 g/mol. The number of fused-ring (bicyclic) bond motifs is 15.